The lowest BCUT2D eigenvalue weighted by Gasteiger charge is -2.40. The first-order chi connectivity index (χ1) is 7.89. The van der Waals surface area contributed by atoms with E-state index in [0.29, 0.717) is 5.41 Å². The maximum atomic E-state index is 3.63. The van der Waals surface area contributed by atoms with Crippen LogP contribution in [0.5, 0.6) is 0 Å². The van der Waals surface area contributed by atoms with E-state index in [2.05, 4.69) is 56.9 Å². The Morgan fingerprint density at radius 1 is 1.06 bits per heavy atom. The quantitative estimate of drug-likeness (QED) is 0.686. The highest BCUT2D eigenvalue weighted by molar-refractivity contribution is 5.86. The van der Waals surface area contributed by atoms with Gasteiger partial charge in [0.1, 0.15) is 0 Å². The van der Waals surface area contributed by atoms with Crippen LogP contribution >= 0.6 is 0 Å². The summed E-state index contributed by atoms with van der Waals surface area (Å²) < 4.78 is 0. The van der Waals surface area contributed by atoms with E-state index in [9.17, 15) is 0 Å². The van der Waals surface area contributed by atoms with Gasteiger partial charge in [-0.3, -0.25) is 0 Å². The molecule has 90 valence electrons. The zero-order chi connectivity index (χ0) is 12.3. The molecule has 1 aromatic heterocycles. The Balaban J connectivity index is 2.31. The van der Waals surface area contributed by atoms with Gasteiger partial charge in [0.15, 0.2) is 0 Å². The van der Waals surface area contributed by atoms with Gasteiger partial charge in [-0.1, -0.05) is 45.9 Å². The van der Waals surface area contributed by atoms with Gasteiger partial charge >= 0.3 is 0 Å². The molecule has 1 aromatic carbocycles. The molecule has 0 radical (unpaired) electrons. The van der Waals surface area contributed by atoms with Gasteiger partial charge in [-0.25, -0.2) is 0 Å². The molecule has 17 heavy (non-hydrogen) atoms. The van der Waals surface area contributed by atoms with Crippen molar-refractivity contribution in [1.29, 1.82) is 0 Å². The van der Waals surface area contributed by atoms with Gasteiger partial charge in [0.25, 0.3) is 0 Å². The van der Waals surface area contributed by atoms with Crippen LogP contribution in [0, 0.1) is 5.41 Å². The average Bonchev–Trinajstić information content (AvgIpc) is 2.51. The second kappa shape index (κ2) is 3.16. The smallest absolute Gasteiger partial charge is 0.0459 e. The first kappa shape index (κ1) is 10.9. The first-order valence-electron chi connectivity index (χ1n) is 6.49. The molecule has 0 unspecified atom stereocenters. The summed E-state index contributed by atoms with van der Waals surface area (Å²) in [5.74, 6) is 0. The van der Waals surface area contributed by atoms with E-state index in [0.717, 1.165) is 0 Å². The van der Waals surface area contributed by atoms with Gasteiger partial charge in [0.2, 0.25) is 0 Å². The van der Waals surface area contributed by atoms with Gasteiger partial charge in [0.05, 0.1) is 0 Å². The Labute approximate surface area is 103 Å². The third-order valence-corrected chi connectivity index (χ3v) is 4.04. The highest BCUT2D eigenvalue weighted by atomic mass is 14.7. The topological polar surface area (TPSA) is 15.8 Å². The standard InChI is InChI=1S/C16H21N/c1-15(2)9-13-14(16(3,4)10-15)11-7-5-6-8-12(11)17-13/h5-8,17H,9-10H2,1-4H3. The van der Waals surface area contributed by atoms with E-state index in [1.807, 2.05) is 0 Å². The summed E-state index contributed by atoms with van der Waals surface area (Å²) in [6.07, 6.45) is 2.43. The molecule has 0 amide bonds. The SMILES string of the molecule is CC1(C)Cc2[nH]c3ccccc3c2C(C)(C)C1. The van der Waals surface area contributed by atoms with Gasteiger partial charge in [-0.15, -0.1) is 0 Å². The third kappa shape index (κ3) is 1.60. The van der Waals surface area contributed by atoms with Crippen molar-refractivity contribution in [2.45, 2.75) is 46.0 Å². The lowest BCUT2D eigenvalue weighted by atomic mass is 9.64. The van der Waals surface area contributed by atoms with Crippen molar-refractivity contribution >= 4 is 10.9 Å². The molecule has 0 fully saturated rings. The minimum absolute atomic E-state index is 0.274. The highest BCUT2D eigenvalue weighted by Crippen LogP contribution is 2.47. The van der Waals surface area contributed by atoms with Crippen LogP contribution < -0.4 is 0 Å². The predicted octanol–water partition coefficient (Wildman–Crippen LogP) is 4.42. The summed E-state index contributed by atoms with van der Waals surface area (Å²) in [5.41, 5.74) is 4.97. The second-order valence-corrected chi connectivity index (χ2v) is 6.93. The van der Waals surface area contributed by atoms with E-state index in [-0.39, 0.29) is 5.41 Å². The molecule has 1 aliphatic rings. The normalized spacial score (nSPS) is 21.4. The lowest BCUT2D eigenvalue weighted by Crippen LogP contribution is -2.34. The molecule has 3 rings (SSSR count). The van der Waals surface area contributed by atoms with Crippen molar-refractivity contribution in [3.8, 4) is 0 Å². The Kier molecular flexibility index (Phi) is 2.02. The van der Waals surface area contributed by atoms with Crippen molar-refractivity contribution < 1.29 is 0 Å². The van der Waals surface area contributed by atoms with Crippen LogP contribution in [0.25, 0.3) is 10.9 Å². The van der Waals surface area contributed by atoms with Crippen molar-refractivity contribution in [2.75, 3.05) is 0 Å². The van der Waals surface area contributed by atoms with Crippen LogP contribution in [0.4, 0.5) is 0 Å². The molecule has 0 spiro atoms. The molecule has 1 heterocycles. The summed E-state index contributed by atoms with van der Waals surface area (Å²) in [6.45, 7) is 9.52. The van der Waals surface area contributed by atoms with E-state index in [1.54, 1.807) is 5.56 Å². The number of fused-ring (bicyclic) bond motifs is 3. The van der Waals surface area contributed by atoms with Gasteiger partial charge < -0.3 is 4.98 Å². The summed E-state index contributed by atoms with van der Waals surface area (Å²) in [6, 6.07) is 8.70. The number of benzene rings is 1. The Morgan fingerprint density at radius 2 is 1.76 bits per heavy atom. The number of aromatic nitrogens is 1. The molecule has 1 nitrogen and oxygen atoms in total. The molecule has 1 aliphatic carbocycles. The number of rotatable bonds is 0. The maximum absolute atomic E-state index is 3.63. The largest absolute Gasteiger partial charge is 0.358 e. The number of para-hydroxylation sites is 1. The fourth-order valence-electron chi connectivity index (χ4n) is 3.93. The predicted molar refractivity (Wildman–Crippen MR) is 73.4 cm³/mol. The van der Waals surface area contributed by atoms with Crippen LogP contribution in [-0.2, 0) is 11.8 Å². The maximum Gasteiger partial charge on any atom is 0.0459 e. The van der Waals surface area contributed by atoms with E-state index in [4.69, 9.17) is 0 Å². The number of hydrogen-bond donors (Lipinski definition) is 1. The van der Waals surface area contributed by atoms with E-state index < -0.39 is 0 Å². The number of aromatic amines is 1. The highest BCUT2D eigenvalue weighted by Gasteiger charge is 2.39. The molecule has 1 heteroatoms. The summed E-state index contributed by atoms with van der Waals surface area (Å²) in [5, 5.41) is 1.42. The Morgan fingerprint density at radius 3 is 2.53 bits per heavy atom. The Bertz CT molecular complexity index is 572. The van der Waals surface area contributed by atoms with Crippen LogP contribution in [0.3, 0.4) is 0 Å². The molecule has 0 saturated carbocycles. The average molecular weight is 227 g/mol. The molecule has 0 aliphatic heterocycles. The molecule has 1 N–H and O–H groups in total. The molecule has 0 saturated heterocycles. The zero-order valence-corrected chi connectivity index (χ0v) is 11.2. The molecule has 2 aromatic rings. The lowest BCUT2D eigenvalue weighted by molar-refractivity contribution is 0.231. The van der Waals surface area contributed by atoms with Crippen LogP contribution in [0.15, 0.2) is 24.3 Å². The van der Waals surface area contributed by atoms with Crippen molar-refractivity contribution in [3.63, 3.8) is 0 Å². The van der Waals surface area contributed by atoms with Crippen molar-refractivity contribution in [2.24, 2.45) is 5.41 Å². The number of hydrogen-bond acceptors (Lipinski definition) is 0. The number of H-pyrrole nitrogens is 1. The Hall–Kier alpha value is -1.24. The summed E-state index contributed by atoms with van der Waals surface area (Å²) >= 11 is 0. The van der Waals surface area contributed by atoms with Crippen molar-refractivity contribution in [1.82, 2.24) is 4.98 Å². The first-order valence-corrected chi connectivity index (χ1v) is 6.49. The minimum atomic E-state index is 0.274. The second-order valence-electron chi connectivity index (χ2n) is 6.93. The zero-order valence-electron chi connectivity index (χ0n) is 11.2. The van der Waals surface area contributed by atoms with E-state index >= 15 is 0 Å². The molecule has 0 atom stereocenters. The molecular weight excluding hydrogens is 206 g/mol. The fourth-order valence-corrected chi connectivity index (χ4v) is 3.93. The molecular formula is C16H21N. The monoisotopic (exact) mass is 227 g/mol. The minimum Gasteiger partial charge on any atom is -0.358 e. The van der Waals surface area contributed by atoms with Crippen molar-refractivity contribution in [3.05, 3.63) is 35.5 Å². The summed E-state index contributed by atoms with van der Waals surface area (Å²) in [4.78, 5) is 3.63. The third-order valence-electron chi connectivity index (χ3n) is 4.04. The van der Waals surface area contributed by atoms with Crippen LogP contribution in [-0.4, -0.2) is 4.98 Å². The molecule has 0 bridgehead atoms. The van der Waals surface area contributed by atoms with Gasteiger partial charge in [-0.05, 0) is 35.3 Å². The van der Waals surface area contributed by atoms with Crippen LogP contribution in [0.2, 0.25) is 0 Å². The van der Waals surface area contributed by atoms with Gasteiger partial charge in [-0.2, -0.15) is 0 Å². The van der Waals surface area contributed by atoms with E-state index in [1.165, 1.54) is 29.4 Å². The van der Waals surface area contributed by atoms with Gasteiger partial charge in [0, 0.05) is 16.6 Å². The van der Waals surface area contributed by atoms with Crippen LogP contribution in [0.1, 0.15) is 45.4 Å². The fraction of sp³-hybridized carbons (Fsp3) is 0.500. The number of nitrogens with one attached hydrogen (secondary N) is 1. The summed E-state index contributed by atoms with van der Waals surface area (Å²) in [7, 11) is 0.